The Kier molecular flexibility index (Phi) is 3.68. The number of hydrogen-bond donors (Lipinski definition) is 3. The van der Waals surface area contributed by atoms with Crippen LogP contribution in [0.4, 0.5) is 0 Å². The molecule has 1 aromatic rings. The molecule has 0 atom stereocenters. The molecule has 1 heterocycles. The molecule has 1 rings (SSSR count). The van der Waals surface area contributed by atoms with Crippen molar-refractivity contribution >= 4 is 16.0 Å². The quantitative estimate of drug-likeness (QED) is 0.639. The molecule has 0 fully saturated rings. The van der Waals surface area contributed by atoms with Gasteiger partial charge < -0.3 is 15.2 Å². The summed E-state index contributed by atoms with van der Waals surface area (Å²) >= 11 is 0. The third-order valence-electron chi connectivity index (χ3n) is 2.01. The van der Waals surface area contributed by atoms with Crippen LogP contribution in [-0.2, 0) is 10.0 Å². The molecule has 1 aromatic heterocycles. The Morgan fingerprint density at radius 2 is 2.19 bits per heavy atom. The number of carboxylic acid groups (broad SMARTS) is 1. The molecule has 90 valence electrons. The van der Waals surface area contributed by atoms with Crippen LogP contribution >= 0.6 is 0 Å². The van der Waals surface area contributed by atoms with Crippen LogP contribution in [0.3, 0.4) is 0 Å². The van der Waals surface area contributed by atoms with Gasteiger partial charge in [0.15, 0.2) is 0 Å². The molecular formula is C8H12N2O5S. The second-order valence-corrected chi connectivity index (χ2v) is 5.15. The van der Waals surface area contributed by atoms with Gasteiger partial charge in [-0.25, -0.2) is 13.2 Å². The predicted molar refractivity (Wildman–Crippen MR) is 54.7 cm³/mol. The minimum absolute atomic E-state index is 0.0457. The van der Waals surface area contributed by atoms with Gasteiger partial charge in [-0.1, -0.05) is 0 Å². The normalized spacial score (nSPS) is 11.9. The van der Waals surface area contributed by atoms with Gasteiger partial charge in [-0.05, 0) is 6.07 Å². The average Bonchev–Trinajstić information content (AvgIpc) is 2.67. The zero-order valence-electron chi connectivity index (χ0n) is 8.54. The molecule has 8 heteroatoms. The van der Waals surface area contributed by atoms with Crippen LogP contribution in [-0.4, -0.2) is 54.1 Å². The Hall–Kier alpha value is -1.38. The van der Waals surface area contributed by atoms with E-state index in [1.54, 1.807) is 0 Å². The highest BCUT2D eigenvalue weighted by molar-refractivity contribution is 7.89. The van der Waals surface area contributed by atoms with Crippen molar-refractivity contribution in [2.24, 2.45) is 0 Å². The summed E-state index contributed by atoms with van der Waals surface area (Å²) in [5, 5.41) is 17.3. The lowest BCUT2D eigenvalue weighted by atomic mass is 10.4. The first-order valence-corrected chi connectivity index (χ1v) is 5.82. The van der Waals surface area contributed by atoms with E-state index in [1.807, 2.05) is 0 Å². The number of aliphatic hydroxyl groups is 1. The van der Waals surface area contributed by atoms with Crippen molar-refractivity contribution in [3.05, 3.63) is 18.0 Å². The maximum Gasteiger partial charge on any atom is 0.352 e. The number of carbonyl (C=O) groups is 1. The molecule has 3 N–H and O–H groups in total. The summed E-state index contributed by atoms with van der Waals surface area (Å²) in [6, 6.07) is 1.03. The Morgan fingerprint density at radius 3 is 2.62 bits per heavy atom. The van der Waals surface area contributed by atoms with Crippen LogP contribution in [0.25, 0.3) is 0 Å². The number of aliphatic hydroxyl groups excluding tert-OH is 1. The number of aromatic nitrogens is 1. The number of hydrogen-bond acceptors (Lipinski definition) is 4. The molecule has 0 aromatic carbocycles. The van der Waals surface area contributed by atoms with E-state index in [2.05, 4.69) is 4.98 Å². The second kappa shape index (κ2) is 4.64. The first kappa shape index (κ1) is 12.7. The summed E-state index contributed by atoms with van der Waals surface area (Å²) in [5.41, 5.74) is -0.198. The predicted octanol–water partition coefficient (Wildman–Crippen LogP) is -0.674. The summed E-state index contributed by atoms with van der Waals surface area (Å²) in [5.74, 6) is -1.23. The third-order valence-corrected chi connectivity index (χ3v) is 3.84. The molecular weight excluding hydrogens is 236 g/mol. The molecule has 0 aliphatic rings. The maximum absolute atomic E-state index is 11.8. The Bertz CT molecular complexity index is 478. The van der Waals surface area contributed by atoms with E-state index >= 15 is 0 Å². The van der Waals surface area contributed by atoms with E-state index < -0.39 is 16.0 Å². The number of carboxylic acids is 1. The van der Waals surface area contributed by atoms with Crippen molar-refractivity contribution < 1.29 is 23.4 Å². The number of nitrogens with one attached hydrogen (secondary N) is 1. The highest BCUT2D eigenvalue weighted by Crippen LogP contribution is 2.15. The zero-order chi connectivity index (χ0) is 12.3. The molecule has 16 heavy (non-hydrogen) atoms. The maximum atomic E-state index is 11.8. The van der Waals surface area contributed by atoms with Crippen LogP contribution < -0.4 is 0 Å². The van der Waals surface area contributed by atoms with E-state index in [9.17, 15) is 13.2 Å². The zero-order valence-corrected chi connectivity index (χ0v) is 9.36. The van der Waals surface area contributed by atoms with Gasteiger partial charge in [0, 0.05) is 19.8 Å². The number of likely N-dealkylation sites (N-methyl/N-ethyl adjacent to an activating group) is 1. The SMILES string of the molecule is CN(CCO)S(=O)(=O)c1c[nH]c(C(=O)O)c1. The van der Waals surface area contributed by atoms with Crippen molar-refractivity contribution in [2.75, 3.05) is 20.2 Å². The minimum atomic E-state index is -3.74. The van der Waals surface area contributed by atoms with Crippen LogP contribution in [0.5, 0.6) is 0 Å². The summed E-state index contributed by atoms with van der Waals surface area (Å²) in [6.45, 7) is -0.345. The molecule has 0 bridgehead atoms. The van der Waals surface area contributed by atoms with E-state index in [1.165, 1.54) is 7.05 Å². The van der Waals surface area contributed by atoms with E-state index in [0.29, 0.717) is 0 Å². The van der Waals surface area contributed by atoms with Gasteiger partial charge in [0.1, 0.15) is 10.6 Å². The fourth-order valence-electron chi connectivity index (χ4n) is 1.09. The summed E-state index contributed by atoms with van der Waals surface area (Å²) in [7, 11) is -2.43. The lowest BCUT2D eigenvalue weighted by molar-refractivity contribution is 0.0691. The standard InChI is InChI=1S/C8H12N2O5S/c1-10(2-3-11)16(14,15)6-4-7(8(12)13)9-5-6/h4-5,9,11H,2-3H2,1H3,(H,12,13). The fraction of sp³-hybridized carbons (Fsp3) is 0.375. The number of aromatic amines is 1. The molecule has 0 aliphatic heterocycles. The fourth-order valence-corrected chi connectivity index (χ4v) is 2.24. The van der Waals surface area contributed by atoms with Gasteiger partial charge in [-0.3, -0.25) is 0 Å². The number of sulfonamides is 1. The van der Waals surface area contributed by atoms with Gasteiger partial charge >= 0.3 is 5.97 Å². The highest BCUT2D eigenvalue weighted by atomic mass is 32.2. The van der Waals surface area contributed by atoms with Crippen molar-refractivity contribution in [3.63, 3.8) is 0 Å². The van der Waals surface area contributed by atoms with Crippen LogP contribution in [0, 0.1) is 0 Å². The van der Waals surface area contributed by atoms with Gasteiger partial charge in [0.2, 0.25) is 10.0 Å². The second-order valence-electron chi connectivity index (χ2n) is 3.10. The number of H-pyrrole nitrogens is 1. The van der Waals surface area contributed by atoms with Crippen molar-refractivity contribution in [1.82, 2.24) is 9.29 Å². The minimum Gasteiger partial charge on any atom is -0.477 e. The summed E-state index contributed by atoms with van der Waals surface area (Å²) in [4.78, 5) is 12.8. The Morgan fingerprint density at radius 1 is 1.56 bits per heavy atom. The summed E-state index contributed by atoms with van der Waals surface area (Å²) < 4.78 is 24.5. The first-order valence-electron chi connectivity index (χ1n) is 4.38. The first-order chi connectivity index (χ1) is 7.39. The van der Waals surface area contributed by atoms with Crippen LogP contribution in [0.15, 0.2) is 17.2 Å². The highest BCUT2D eigenvalue weighted by Gasteiger charge is 2.22. The van der Waals surface area contributed by atoms with E-state index in [4.69, 9.17) is 10.2 Å². The lowest BCUT2D eigenvalue weighted by Crippen LogP contribution is -2.29. The number of aromatic carboxylic acids is 1. The molecule has 7 nitrogen and oxygen atoms in total. The largest absolute Gasteiger partial charge is 0.477 e. The van der Waals surface area contributed by atoms with Gasteiger partial charge in [0.05, 0.1) is 6.61 Å². The van der Waals surface area contributed by atoms with E-state index in [0.717, 1.165) is 16.6 Å². The third kappa shape index (κ3) is 2.40. The van der Waals surface area contributed by atoms with Gasteiger partial charge in [-0.2, -0.15) is 4.31 Å². The molecule has 0 saturated heterocycles. The van der Waals surface area contributed by atoms with Crippen molar-refractivity contribution in [1.29, 1.82) is 0 Å². The van der Waals surface area contributed by atoms with Crippen molar-refractivity contribution in [3.8, 4) is 0 Å². The molecule has 0 saturated carbocycles. The molecule has 0 aliphatic carbocycles. The molecule has 0 unspecified atom stereocenters. The molecule has 0 radical (unpaired) electrons. The monoisotopic (exact) mass is 248 g/mol. The lowest BCUT2D eigenvalue weighted by Gasteiger charge is -2.14. The topological polar surface area (TPSA) is 111 Å². The van der Waals surface area contributed by atoms with Crippen LogP contribution in [0.1, 0.15) is 10.5 Å². The van der Waals surface area contributed by atoms with Crippen molar-refractivity contribution in [2.45, 2.75) is 4.90 Å². The molecule has 0 amide bonds. The smallest absolute Gasteiger partial charge is 0.352 e. The van der Waals surface area contributed by atoms with Crippen LogP contribution in [0.2, 0.25) is 0 Å². The Labute approximate surface area is 92.4 Å². The number of nitrogens with zero attached hydrogens (tertiary/aromatic N) is 1. The average molecular weight is 248 g/mol. The summed E-state index contributed by atoms with van der Waals surface area (Å²) in [6.07, 6.45) is 1.10. The number of rotatable bonds is 5. The van der Waals surface area contributed by atoms with E-state index in [-0.39, 0.29) is 23.7 Å². The van der Waals surface area contributed by atoms with Gasteiger partial charge in [-0.15, -0.1) is 0 Å². The Balaban J connectivity index is 3.03. The molecule has 0 spiro atoms. The van der Waals surface area contributed by atoms with Gasteiger partial charge in [0.25, 0.3) is 0 Å².